The summed E-state index contributed by atoms with van der Waals surface area (Å²) in [6.07, 6.45) is 2.04. The van der Waals surface area contributed by atoms with Crippen LogP contribution in [0.2, 0.25) is 0 Å². The number of rotatable bonds is 6. The molecule has 1 N–H and O–H groups in total. The lowest BCUT2D eigenvalue weighted by Crippen LogP contribution is -2.15. The fourth-order valence-corrected chi connectivity index (χ4v) is 2.09. The van der Waals surface area contributed by atoms with Gasteiger partial charge < -0.3 is 14.6 Å². The number of fused-ring (bicyclic) bond motifs is 1. The average molecular weight is 246 g/mol. The minimum Gasteiger partial charge on any atom is -0.479 e. The van der Waals surface area contributed by atoms with E-state index < -0.39 is 0 Å². The second-order valence-corrected chi connectivity index (χ2v) is 4.88. The number of hydrogen-bond donors (Lipinski definition) is 1. The maximum Gasteiger partial charge on any atom is 0.195 e. The van der Waals surface area contributed by atoms with Gasteiger partial charge in [0, 0.05) is 23.0 Å². The molecule has 0 aliphatic heterocycles. The zero-order valence-corrected chi connectivity index (χ0v) is 11.5. The van der Waals surface area contributed by atoms with Gasteiger partial charge in [-0.2, -0.15) is 0 Å². The van der Waals surface area contributed by atoms with E-state index in [4.69, 9.17) is 4.74 Å². The van der Waals surface area contributed by atoms with Crippen molar-refractivity contribution in [2.24, 2.45) is 0 Å². The molecule has 2 rings (SSSR count). The number of hydrogen-bond acceptors (Lipinski definition) is 2. The van der Waals surface area contributed by atoms with Gasteiger partial charge in [0.05, 0.1) is 6.61 Å². The van der Waals surface area contributed by atoms with Crippen molar-refractivity contribution < 1.29 is 4.74 Å². The molecule has 1 aromatic heterocycles. The van der Waals surface area contributed by atoms with E-state index in [9.17, 15) is 0 Å². The van der Waals surface area contributed by atoms with Gasteiger partial charge in [-0.05, 0) is 33.0 Å². The number of ether oxygens (including phenoxy) is 1. The van der Waals surface area contributed by atoms with E-state index in [0.717, 1.165) is 37.4 Å². The maximum atomic E-state index is 5.83. The molecule has 0 fully saturated rings. The molecule has 0 saturated carbocycles. The standard InChI is InChI=1S/C15H22N2O/c1-4-11-18-15-13(9-10-17(2)3)12-7-5-6-8-14(12)16-15/h5-8,16H,4,9-11H2,1-3H3. The molecule has 0 saturated heterocycles. The number of aromatic amines is 1. The maximum absolute atomic E-state index is 5.83. The van der Waals surface area contributed by atoms with Gasteiger partial charge in [-0.25, -0.2) is 0 Å². The molecule has 0 amide bonds. The van der Waals surface area contributed by atoms with Crippen molar-refractivity contribution in [3.8, 4) is 5.88 Å². The summed E-state index contributed by atoms with van der Waals surface area (Å²) in [5.74, 6) is 0.944. The third-order valence-corrected chi connectivity index (χ3v) is 3.03. The lowest BCUT2D eigenvalue weighted by atomic mass is 10.1. The van der Waals surface area contributed by atoms with Crippen LogP contribution >= 0.6 is 0 Å². The Hall–Kier alpha value is -1.48. The SMILES string of the molecule is CCCOc1[nH]c2ccccc2c1CCN(C)C. The van der Waals surface area contributed by atoms with Crippen LogP contribution in [0.1, 0.15) is 18.9 Å². The summed E-state index contributed by atoms with van der Waals surface area (Å²) in [5.41, 5.74) is 2.46. The van der Waals surface area contributed by atoms with Crippen LogP contribution < -0.4 is 4.74 Å². The summed E-state index contributed by atoms with van der Waals surface area (Å²) >= 11 is 0. The Labute approximate surface area is 109 Å². The Morgan fingerprint density at radius 3 is 2.72 bits per heavy atom. The highest BCUT2D eigenvalue weighted by Gasteiger charge is 2.12. The molecule has 1 heterocycles. The molecule has 3 heteroatoms. The zero-order chi connectivity index (χ0) is 13.0. The molecular formula is C15H22N2O. The van der Waals surface area contributed by atoms with Gasteiger partial charge in [-0.15, -0.1) is 0 Å². The van der Waals surface area contributed by atoms with Gasteiger partial charge in [0.2, 0.25) is 0 Å². The number of H-pyrrole nitrogens is 1. The predicted octanol–water partition coefficient (Wildman–Crippen LogP) is 3.06. The van der Waals surface area contributed by atoms with Crippen LogP contribution in [0, 0.1) is 0 Å². The van der Waals surface area contributed by atoms with Crippen molar-refractivity contribution >= 4 is 10.9 Å². The lowest BCUT2D eigenvalue weighted by molar-refractivity contribution is 0.303. The summed E-state index contributed by atoms with van der Waals surface area (Å²) in [7, 11) is 4.20. The fraction of sp³-hybridized carbons (Fsp3) is 0.467. The fourth-order valence-electron chi connectivity index (χ4n) is 2.09. The Morgan fingerprint density at radius 2 is 2.00 bits per heavy atom. The minimum absolute atomic E-state index is 0.766. The second kappa shape index (κ2) is 5.91. The third kappa shape index (κ3) is 2.85. The molecule has 0 radical (unpaired) electrons. The lowest BCUT2D eigenvalue weighted by Gasteiger charge is -2.10. The van der Waals surface area contributed by atoms with Gasteiger partial charge in [0.1, 0.15) is 0 Å². The molecule has 0 aliphatic carbocycles. The minimum atomic E-state index is 0.766. The predicted molar refractivity (Wildman–Crippen MR) is 76.3 cm³/mol. The van der Waals surface area contributed by atoms with Crippen molar-refractivity contribution in [1.29, 1.82) is 0 Å². The average Bonchev–Trinajstić information content (AvgIpc) is 2.71. The van der Waals surface area contributed by atoms with Crippen LogP contribution in [-0.2, 0) is 6.42 Å². The van der Waals surface area contributed by atoms with E-state index >= 15 is 0 Å². The first-order valence-corrected chi connectivity index (χ1v) is 6.59. The first kappa shape index (κ1) is 13.0. The van der Waals surface area contributed by atoms with E-state index in [1.807, 2.05) is 0 Å². The summed E-state index contributed by atoms with van der Waals surface area (Å²) in [4.78, 5) is 5.58. The summed E-state index contributed by atoms with van der Waals surface area (Å²) < 4.78 is 5.83. The van der Waals surface area contributed by atoms with E-state index in [2.05, 4.69) is 55.2 Å². The van der Waals surface area contributed by atoms with Crippen LogP contribution in [0.25, 0.3) is 10.9 Å². The topological polar surface area (TPSA) is 28.3 Å². The van der Waals surface area contributed by atoms with Crippen molar-refractivity contribution in [3.63, 3.8) is 0 Å². The smallest absolute Gasteiger partial charge is 0.195 e. The van der Waals surface area contributed by atoms with Crippen LogP contribution in [-0.4, -0.2) is 37.1 Å². The van der Waals surface area contributed by atoms with Crippen LogP contribution in [0.3, 0.4) is 0 Å². The summed E-state index contributed by atoms with van der Waals surface area (Å²) in [6, 6.07) is 8.40. The van der Waals surface area contributed by atoms with Crippen molar-refractivity contribution in [2.45, 2.75) is 19.8 Å². The number of aromatic nitrogens is 1. The number of likely N-dealkylation sites (N-methyl/N-ethyl adjacent to an activating group) is 1. The molecule has 18 heavy (non-hydrogen) atoms. The van der Waals surface area contributed by atoms with Crippen molar-refractivity contribution in [2.75, 3.05) is 27.2 Å². The Kier molecular flexibility index (Phi) is 4.26. The van der Waals surface area contributed by atoms with Crippen LogP contribution in [0.5, 0.6) is 5.88 Å². The number of nitrogens with one attached hydrogen (secondary N) is 1. The molecule has 0 bridgehead atoms. The monoisotopic (exact) mass is 246 g/mol. The number of benzene rings is 1. The molecular weight excluding hydrogens is 224 g/mol. The first-order chi connectivity index (χ1) is 8.72. The van der Waals surface area contributed by atoms with Gasteiger partial charge in [0.25, 0.3) is 0 Å². The zero-order valence-electron chi connectivity index (χ0n) is 11.5. The molecule has 3 nitrogen and oxygen atoms in total. The molecule has 1 aromatic carbocycles. The van der Waals surface area contributed by atoms with Gasteiger partial charge in [0.15, 0.2) is 5.88 Å². The molecule has 98 valence electrons. The van der Waals surface area contributed by atoms with E-state index in [0.29, 0.717) is 0 Å². The summed E-state index contributed by atoms with van der Waals surface area (Å²) in [5, 5.41) is 1.28. The highest BCUT2D eigenvalue weighted by atomic mass is 16.5. The third-order valence-electron chi connectivity index (χ3n) is 3.03. The van der Waals surface area contributed by atoms with Crippen molar-refractivity contribution in [1.82, 2.24) is 9.88 Å². The Balaban J connectivity index is 2.31. The summed E-state index contributed by atoms with van der Waals surface area (Å²) in [6.45, 7) is 3.92. The van der Waals surface area contributed by atoms with Gasteiger partial charge in [-0.3, -0.25) is 0 Å². The molecule has 0 spiro atoms. The largest absolute Gasteiger partial charge is 0.479 e. The Morgan fingerprint density at radius 1 is 1.22 bits per heavy atom. The highest BCUT2D eigenvalue weighted by molar-refractivity contribution is 5.85. The molecule has 0 atom stereocenters. The van der Waals surface area contributed by atoms with E-state index in [-0.39, 0.29) is 0 Å². The van der Waals surface area contributed by atoms with E-state index in [1.165, 1.54) is 10.9 Å². The molecule has 0 aliphatic rings. The normalized spacial score (nSPS) is 11.3. The van der Waals surface area contributed by atoms with Gasteiger partial charge >= 0.3 is 0 Å². The highest BCUT2D eigenvalue weighted by Crippen LogP contribution is 2.28. The van der Waals surface area contributed by atoms with E-state index in [1.54, 1.807) is 0 Å². The van der Waals surface area contributed by atoms with Gasteiger partial charge in [-0.1, -0.05) is 25.1 Å². The number of para-hydroxylation sites is 1. The quantitative estimate of drug-likeness (QED) is 0.848. The number of nitrogens with zero attached hydrogens (tertiary/aromatic N) is 1. The second-order valence-electron chi connectivity index (χ2n) is 4.88. The van der Waals surface area contributed by atoms with Crippen LogP contribution in [0.4, 0.5) is 0 Å². The molecule has 2 aromatic rings. The Bertz CT molecular complexity index is 502. The van der Waals surface area contributed by atoms with Crippen LogP contribution in [0.15, 0.2) is 24.3 Å². The molecule has 0 unspecified atom stereocenters. The van der Waals surface area contributed by atoms with Crippen molar-refractivity contribution in [3.05, 3.63) is 29.8 Å². The first-order valence-electron chi connectivity index (χ1n) is 6.59.